The fourth-order valence-electron chi connectivity index (χ4n) is 3.47. The maximum absolute atomic E-state index is 13.3. The first-order valence-corrected chi connectivity index (χ1v) is 8.11. The van der Waals surface area contributed by atoms with Crippen LogP contribution in [-0.4, -0.2) is 15.9 Å². The van der Waals surface area contributed by atoms with Gasteiger partial charge < -0.3 is 0 Å². The number of halogens is 2. The Hall–Kier alpha value is 0.330. The van der Waals surface area contributed by atoms with Gasteiger partial charge in [0, 0.05) is 16.3 Å². The first-order chi connectivity index (χ1) is 8.06. The number of rotatable bonds is 3. The molecule has 0 heterocycles. The lowest BCUT2D eigenvalue weighted by atomic mass is 9.81. The molecule has 2 fully saturated rings. The zero-order valence-electron chi connectivity index (χ0n) is 10.5. The number of Topliss-reactive ketones (excluding diaryl/α,β-unsaturated/α-hetero) is 1. The lowest BCUT2D eigenvalue weighted by Gasteiger charge is -2.26. The maximum atomic E-state index is 13.3. The Kier molecular flexibility index (Phi) is 4.84. The minimum Gasteiger partial charge on any atom is -0.299 e. The Labute approximate surface area is 117 Å². The summed E-state index contributed by atoms with van der Waals surface area (Å²) in [6.45, 7) is 2.03. The van der Waals surface area contributed by atoms with E-state index in [2.05, 4.69) is 22.6 Å². The Morgan fingerprint density at radius 3 is 2.65 bits per heavy atom. The molecule has 2 saturated carbocycles. The van der Waals surface area contributed by atoms with Crippen LogP contribution in [0, 0.1) is 17.8 Å². The summed E-state index contributed by atoms with van der Waals surface area (Å²) in [5.41, 5.74) is 0. The van der Waals surface area contributed by atoms with Crippen molar-refractivity contribution in [3.8, 4) is 0 Å². The predicted molar refractivity (Wildman–Crippen MR) is 76.2 cm³/mol. The van der Waals surface area contributed by atoms with Crippen LogP contribution < -0.4 is 0 Å². The monoisotopic (exact) mass is 352 g/mol. The van der Waals surface area contributed by atoms with Crippen LogP contribution in [0.5, 0.6) is 0 Å². The van der Waals surface area contributed by atoms with Crippen LogP contribution in [0.2, 0.25) is 0 Å². The van der Waals surface area contributed by atoms with E-state index in [0.29, 0.717) is 31.0 Å². The molecule has 0 saturated heterocycles. The highest BCUT2D eigenvalue weighted by Crippen LogP contribution is 2.38. The van der Waals surface area contributed by atoms with Crippen LogP contribution in [0.1, 0.15) is 51.9 Å². The lowest BCUT2D eigenvalue weighted by molar-refractivity contribution is -0.125. The van der Waals surface area contributed by atoms with Crippen molar-refractivity contribution < 1.29 is 9.18 Å². The molecule has 2 unspecified atom stereocenters. The van der Waals surface area contributed by atoms with Crippen LogP contribution in [-0.2, 0) is 4.79 Å². The quantitative estimate of drug-likeness (QED) is 0.546. The first-order valence-electron chi connectivity index (χ1n) is 6.87. The van der Waals surface area contributed by atoms with Crippen molar-refractivity contribution in [3.05, 3.63) is 0 Å². The van der Waals surface area contributed by atoms with E-state index >= 15 is 0 Å². The second-order valence-electron chi connectivity index (χ2n) is 5.95. The molecular formula is C14H22FIO. The maximum Gasteiger partial charge on any atom is 0.136 e. The van der Waals surface area contributed by atoms with Crippen molar-refractivity contribution in [1.82, 2.24) is 0 Å². The van der Waals surface area contributed by atoms with Crippen molar-refractivity contribution in [2.75, 3.05) is 0 Å². The van der Waals surface area contributed by atoms with Crippen molar-refractivity contribution in [3.63, 3.8) is 0 Å². The van der Waals surface area contributed by atoms with Gasteiger partial charge in [0.25, 0.3) is 0 Å². The molecule has 2 aliphatic rings. The molecule has 0 radical (unpaired) electrons. The summed E-state index contributed by atoms with van der Waals surface area (Å²) in [6.07, 6.45) is 6.01. The Balaban J connectivity index is 1.84. The predicted octanol–water partition coefficient (Wildman–Crippen LogP) is 4.32. The average molecular weight is 352 g/mol. The number of carbonyl (C=O) groups is 1. The molecule has 0 spiro atoms. The molecule has 2 rings (SSSR count). The summed E-state index contributed by atoms with van der Waals surface area (Å²) in [5.74, 6) is 1.19. The molecule has 2 aliphatic carbocycles. The molecule has 0 bridgehead atoms. The zero-order valence-corrected chi connectivity index (χ0v) is 12.7. The van der Waals surface area contributed by atoms with Gasteiger partial charge in [0.1, 0.15) is 12.0 Å². The van der Waals surface area contributed by atoms with Crippen molar-refractivity contribution in [2.45, 2.75) is 62.0 Å². The number of alkyl halides is 2. The van der Waals surface area contributed by atoms with Crippen LogP contribution in [0.4, 0.5) is 4.39 Å². The van der Waals surface area contributed by atoms with Crippen LogP contribution in [0.25, 0.3) is 0 Å². The van der Waals surface area contributed by atoms with Gasteiger partial charge in [-0.15, -0.1) is 0 Å². The highest BCUT2D eigenvalue weighted by Gasteiger charge is 2.36. The first kappa shape index (κ1) is 13.8. The van der Waals surface area contributed by atoms with Gasteiger partial charge in [-0.05, 0) is 43.9 Å². The van der Waals surface area contributed by atoms with Gasteiger partial charge in [0.2, 0.25) is 0 Å². The number of hydrogen-bond acceptors (Lipinski definition) is 1. The van der Waals surface area contributed by atoms with Gasteiger partial charge in [0.05, 0.1) is 0 Å². The second kappa shape index (κ2) is 5.98. The molecule has 0 N–H and O–H groups in total. The molecule has 0 aromatic rings. The molecule has 3 heteroatoms. The molecular weight excluding hydrogens is 330 g/mol. The molecule has 17 heavy (non-hydrogen) atoms. The molecule has 98 valence electrons. The largest absolute Gasteiger partial charge is 0.299 e. The highest BCUT2D eigenvalue weighted by molar-refractivity contribution is 14.1. The summed E-state index contributed by atoms with van der Waals surface area (Å²) >= 11 is 2.50. The van der Waals surface area contributed by atoms with Gasteiger partial charge in [-0.3, -0.25) is 4.79 Å². The smallest absolute Gasteiger partial charge is 0.136 e. The molecule has 0 amide bonds. The summed E-state index contributed by atoms with van der Waals surface area (Å²) in [4.78, 5) is 12.2. The van der Waals surface area contributed by atoms with Crippen molar-refractivity contribution >= 4 is 28.4 Å². The van der Waals surface area contributed by atoms with E-state index in [9.17, 15) is 9.18 Å². The normalized spacial score (nSPS) is 42.6. The van der Waals surface area contributed by atoms with Gasteiger partial charge in [-0.25, -0.2) is 4.39 Å². The van der Waals surface area contributed by atoms with E-state index in [1.807, 2.05) is 6.92 Å². The minimum atomic E-state index is -0.734. The SMILES string of the molecule is CC1C[C@@H](F)C[C@@H]1C(=O)CC1CCC[C@@H](I)C1. The minimum absolute atomic E-state index is 0.0135. The van der Waals surface area contributed by atoms with Crippen molar-refractivity contribution in [2.24, 2.45) is 17.8 Å². The zero-order chi connectivity index (χ0) is 12.4. The van der Waals surface area contributed by atoms with Crippen molar-refractivity contribution in [1.29, 1.82) is 0 Å². The van der Waals surface area contributed by atoms with E-state index in [1.54, 1.807) is 0 Å². The summed E-state index contributed by atoms with van der Waals surface area (Å²) < 4.78 is 14.0. The van der Waals surface area contributed by atoms with E-state index in [0.717, 1.165) is 3.92 Å². The Morgan fingerprint density at radius 1 is 1.29 bits per heavy atom. The summed E-state index contributed by atoms with van der Waals surface area (Å²) in [5, 5.41) is 0. The summed E-state index contributed by atoms with van der Waals surface area (Å²) in [7, 11) is 0. The van der Waals surface area contributed by atoms with Gasteiger partial charge in [-0.2, -0.15) is 0 Å². The van der Waals surface area contributed by atoms with Crippen LogP contribution in [0.3, 0.4) is 0 Å². The number of hydrogen-bond donors (Lipinski definition) is 0. The third-order valence-electron chi connectivity index (χ3n) is 4.45. The molecule has 5 atom stereocenters. The Bertz CT molecular complexity index is 281. The topological polar surface area (TPSA) is 17.1 Å². The number of carbonyl (C=O) groups excluding carboxylic acids is 1. The average Bonchev–Trinajstić information content (AvgIpc) is 2.58. The van der Waals surface area contributed by atoms with Gasteiger partial charge in [-0.1, -0.05) is 35.9 Å². The van der Waals surface area contributed by atoms with E-state index in [-0.39, 0.29) is 11.8 Å². The van der Waals surface area contributed by atoms with Crippen LogP contribution >= 0.6 is 22.6 Å². The third-order valence-corrected chi connectivity index (χ3v) is 5.58. The highest BCUT2D eigenvalue weighted by atomic mass is 127. The molecule has 0 aromatic heterocycles. The molecule has 0 aromatic carbocycles. The van der Waals surface area contributed by atoms with Gasteiger partial charge in [0.15, 0.2) is 0 Å². The third kappa shape index (κ3) is 3.65. The van der Waals surface area contributed by atoms with Gasteiger partial charge >= 0.3 is 0 Å². The lowest BCUT2D eigenvalue weighted by Crippen LogP contribution is -2.23. The van der Waals surface area contributed by atoms with E-state index < -0.39 is 6.17 Å². The van der Waals surface area contributed by atoms with E-state index in [1.165, 1.54) is 25.7 Å². The number of ketones is 1. The van der Waals surface area contributed by atoms with Crippen LogP contribution in [0.15, 0.2) is 0 Å². The molecule has 0 aliphatic heterocycles. The fourth-order valence-corrected chi connectivity index (χ4v) is 4.63. The fraction of sp³-hybridized carbons (Fsp3) is 0.929. The summed E-state index contributed by atoms with van der Waals surface area (Å²) in [6, 6.07) is 0. The second-order valence-corrected chi connectivity index (χ2v) is 7.71. The Morgan fingerprint density at radius 2 is 2.06 bits per heavy atom. The standard InChI is InChI=1S/C14H22FIO/c1-9-5-11(15)8-13(9)14(17)7-10-3-2-4-12(16)6-10/h9-13H,2-8H2,1H3/t9?,10?,11-,12-,13+/m1/s1. The molecule has 1 nitrogen and oxygen atoms in total. The van der Waals surface area contributed by atoms with E-state index in [4.69, 9.17) is 0 Å².